The van der Waals surface area contributed by atoms with E-state index in [2.05, 4.69) is 14.7 Å². The van der Waals surface area contributed by atoms with Gasteiger partial charge in [0.2, 0.25) is 0 Å². The first-order chi connectivity index (χ1) is 5.90. The normalized spacial score (nSPS) is 23.4. The summed E-state index contributed by atoms with van der Waals surface area (Å²) in [4.78, 5) is 2.36. The van der Waals surface area contributed by atoms with Crippen molar-refractivity contribution in [3.05, 3.63) is 11.6 Å². The minimum atomic E-state index is 0.685. The minimum Gasteiger partial charge on any atom is -0.369 e. The van der Waals surface area contributed by atoms with Gasteiger partial charge in [0, 0.05) is 18.5 Å². The molecule has 66 valence electrons. The van der Waals surface area contributed by atoms with E-state index in [1.165, 1.54) is 23.6 Å². The molecule has 0 aliphatic carbocycles. The third kappa shape index (κ3) is 1.44. The summed E-state index contributed by atoms with van der Waals surface area (Å²) in [5.41, 5.74) is 6.87. The molecule has 1 fully saturated rings. The molecule has 3 nitrogen and oxygen atoms in total. The Balaban J connectivity index is 2.00. The van der Waals surface area contributed by atoms with Crippen LogP contribution in [-0.4, -0.2) is 24.0 Å². The molecule has 2 rings (SSSR count). The monoisotopic (exact) mass is 183 g/mol. The van der Waals surface area contributed by atoms with Gasteiger partial charge < -0.3 is 10.6 Å². The fraction of sp³-hybridized carbons (Fsp3) is 0.625. The molecule has 2 N–H and O–H groups in total. The van der Waals surface area contributed by atoms with Gasteiger partial charge >= 0.3 is 0 Å². The zero-order valence-corrected chi connectivity index (χ0v) is 7.76. The average Bonchev–Trinajstić information content (AvgIpc) is 2.75. The van der Waals surface area contributed by atoms with E-state index < -0.39 is 0 Å². The van der Waals surface area contributed by atoms with E-state index in [4.69, 9.17) is 5.73 Å². The lowest BCUT2D eigenvalue weighted by atomic mass is 10.1. The first kappa shape index (κ1) is 8.01. The fourth-order valence-corrected chi connectivity index (χ4v) is 2.16. The molecule has 1 atom stereocenters. The predicted molar refractivity (Wildman–Crippen MR) is 51.5 cm³/mol. The molecule has 1 aromatic heterocycles. The summed E-state index contributed by atoms with van der Waals surface area (Å²) < 4.78 is 4.09. The third-order valence-corrected chi connectivity index (χ3v) is 2.98. The fourth-order valence-electron chi connectivity index (χ4n) is 1.62. The Morgan fingerprint density at radius 2 is 2.67 bits per heavy atom. The molecular weight excluding hydrogens is 170 g/mol. The molecule has 0 amide bonds. The second-order valence-electron chi connectivity index (χ2n) is 3.22. The summed E-state index contributed by atoms with van der Waals surface area (Å²) in [6, 6.07) is 0. The molecule has 0 radical (unpaired) electrons. The lowest BCUT2D eigenvalue weighted by molar-refractivity contribution is 0.603. The average molecular weight is 183 g/mol. The summed E-state index contributed by atoms with van der Waals surface area (Å²) in [6.45, 7) is 3.06. The molecule has 12 heavy (non-hydrogen) atoms. The van der Waals surface area contributed by atoms with Crippen LogP contribution in [0.2, 0.25) is 0 Å². The lowest BCUT2D eigenvalue weighted by Gasteiger charge is -2.15. The molecular formula is C8H13N3S. The standard InChI is InChI=1S/C8H13N3S/c9-3-7-1-2-11(5-7)8-4-10-12-6-8/h4,6-7H,1-3,5,9H2. The van der Waals surface area contributed by atoms with Crippen LogP contribution >= 0.6 is 11.5 Å². The Kier molecular flexibility index (Phi) is 2.28. The molecule has 0 saturated carbocycles. The summed E-state index contributed by atoms with van der Waals surface area (Å²) in [6.07, 6.45) is 3.16. The second-order valence-corrected chi connectivity index (χ2v) is 3.88. The largest absolute Gasteiger partial charge is 0.369 e. The molecule has 0 bridgehead atoms. The van der Waals surface area contributed by atoms with Gasteiger partial charge in [0.1, 0.15) is 0 Å². The van der Waals surface area contributed by atoms with Crippen molar-refractivity contribution in [2.24, 2.45) is 11.7 Å². The Hall–Kier alpha value is -0.610. The number of rotatable bonds is 2. The third-order valence-electron chi connectivity index (χ3n) is 2.40. The first-order valence-electron chi connectivity index (χ1n) is 4.24. The van der Waals surface area contributed by atoms with Crippen molar-refractivity contribution in [2.75, 3.05) is 24.5 Å². The van der Waals surface area contributed by atoms with Crippen LogP contribution in [0.4, 0.5) is 5.69 Å². The van der Waals surface area contributed by atoms with Gasteiger partial charge in [0.15, 0.2) is 0 Å². The number of nitrogens with two attached hydrogens (primary N) is 1. The number of hydrogen-bond donors (Lipinski definition) is 1. The number of hydrogen-bond acceptors (Lipinski definition) is 4. The highest BCUT2D eigenvalue weighted by Crippen LogP contribution is 2.23. The van der Waals surface area contributed by atoms with Crippen molar-refractivity contribution in [2.45, 2.75) is 6.42 Å². The Morgan fingerprint density at radius 1 is 1.75 bits per heavy atom. The molecule has 2 heterocycles. The van der Waals surface area contributed by atoms with Crippen LogP contribution in [0.25, 0.3) is 0 Å². The van der Waals surface area contributed by atoms with Crippen molar-refractivity contribution in [1.29, 1.82) is 0 Å². The van der Waals surface area contributed by atoms with E-state index in [9.17, 15) is 0 Å². The summed E-state index contributed by atoms with van der Waals surface area (Å²) in [7, 11) is 0. The van der Waals surface area contributed by atoms with Gasteiger partial charge in [-0.25, -0.2) is 0 Å². The van der Waals surface area contributed by atoms with E-state index in [0.29, 0.717) is 5.92 Å². The second kappa shape index (κ2) is 3.41. The molecule has 1 aliphatic heterocycles. The van der Waals surface area contributed by atoms with Crippen molar-refractivity contribution in [3.63, 3.8) is 0 Å². The number of anilines is 1. The molecule has 1 saturated heterocycles. The molecule has 0 spiro atoms. The zero-order chi connectivity index (χ0) is 8.39. The van der Waals surface area contributed by atoms with Crippen LogP contribution in [0.3, 0.4) is 0 Å². The quantitative estimate of drug-likeness (QED) is 0.741. The van der Waals surface area contributed by atoms with Crippen molar-refractivity contribution < 1.29 is 0 Å². The molecule has 1 unspecified atom stereocenters. The van der Waals surface area contributed by atoms with Gasteiger partial charge in [-0.2, -0.15) is 4.37 Å². The SMILES string of the molecule is NCC1CCN(c2cnsc2)C1. The topological polar surface area (TPSA) is 42.1 Å². The predicted octanol–water partition coefficient (Wildman–Crippen LogP) is 0.928. The summed E-state index contributed by atoms with van der Waals surface area (Å²) in [5, 5.41) is 2.10. The van der Waals surface area contributed by atoms with E-state index in [0.717, 1.165) is 19.6 Å². The Bertz CT molecular complexity index is 234. The number of aromatic nitrogens is 1. The van der Waals surface area contributed by atoms with Crippen LogP contribution in [0.15, 0.2) is 11.6 Å². The maximum Gasteiger partial charge on any atom is 0.0679 e. The van der Waals surface area contributed by atoms with Crippen LogP contribution in [0.1, 0.15) is 6.42 Å². The van der Waals surface area contributed by atoms with Crippen LogP contribution < -0.4 is 10.6 Å². The highest BCUT2D eigenvalue weighted by Gasteiger charge is 2.21. The van der Waals surface area contributed by atoms with E-state index in [1.54, 1.807) is 0 Å². The Morgan fingerprint density at radius 3 is 3.25 bits per heavy atom. The molecule has 0 aromatic carbocycles. The van der Waals surface area contributed by atoms with Crippen LogP contribution in [-0.2, 0) is 0 Å². The molecule has 4 heteroatoms. The van der Waals surface area contributed by atoms with Crippen LogP contribution in [0, 0.1) is 5.92 Å². The van der Waals surface area contributed by atoms with E-state index >= 15 is 0 Å². The van der Waals surface area contributed by atoms with Crippen molar-refractivity contribution in [3.8, 4) is 0 Å². The summed E-state index contributed by atoms with van der Waals surface area (Å²) >= 11 is 1.51. The molecule has 1 aliphatic rings. The van der Waals surface area contributed by atoms with Crippen LogP contribution in [0.5, 0.6) is 0 Å². The van der Waals surface area contributed by atoms with Gasteiger partial charge in [-0.05, 0) is 30.4 Å². The maximum atomic E-state index is 5.61. The van der Waals surface area contributed by atoms with Gasteiger partial charge in [-0.3, -0.25) is 0 Å². The first-order valence-corrected chi connectivity index (χ1v) is 5.08. The maximum absolute atomic E-state index is 5.61. The molecule has 1 aromatic rings. The highest BCUT2D eigenvalue weighted by atomic mass is 32.1. The van der Waals surface area contributed by atoms with Crippen molar-refractivity contribution >= 4 is 17.2 Å². The van der Waals surface area contributed by atoms with Crippen molar-refractivity contribution in [1.82, 2.24) is 4.37 Å². The van der Waals surface area contributed by atoms with Gasteiger partial charge in [0.25, 0.3) is 0 Å². The highest BCUT2D eigenvalue weighted by molar-refractivity contribution is 7.04. The summed E-state index contributed by atoms with van der Waals surface area (Å²) in [5.74, 6) is 0.685. The Labute approximate surface area is 76.4 Å². The van der Waals surface area contributed by atoms with Gasteiger partial charge in [-0.15, -0.1) is 0 Å². The smallest absolute Gasteiger partial charge is 0.0679 e. The number of nitrogens with zero attached hydrogens (tertiary/aromatic N) is 2. The zero-order valence-electron chi connectivity index (χ0n) is 6.94. The van der Waals surface area contributed by atoms with Gasteiger partial charge in [0.05, 0.1) is 11.9 Å². The van der Waals surface area contributed by atoms with E-state index in [-0.39, 0.29) is 0 Å². The van der Waals surface area contributed by atoms with E-state index in [1.807, 2.05) is 6.20 Å². The lowest BCUT2D eigenvalue weighted by Crippen LogP contribution is -2.22. The minimum absolute atomic E-state index is 0.685. The van der Waals surface area contributed by atoms with Gasteiger partial charge in [-0.1, -0.05) is 0 Å².